The predicted octanol–water partition coefficient (Wildman–Crippen LogP) is 5.15. The van der Waals surface area contributed by atoms with Crippen molar-refractivity contribution in [1.29, 1.82) is 5.26 Å². The molecule has 0 spiro atoms. The summed E-state index contributed by atoms with van der Waals surface area (Å²) >= 11 is 0. The van der Waals surface area contributed by atoms with E-state index in [-0.39, 0.29) is 5.91 Å². The smallest absolute Gasteiger partial charge is 0.222 e. The van der Waals surface area contributed by atoms with Crippen LogP contribution in [0.15, 0.2) is 55.1 Å². The highest BCUT2D eigenvalue weighted by Gasteiger charge is 2.18. The van der Waals surface area contributed by atoms with Gasteiger partial charge in [-0.3, -0.25) is 14.8 Å². The number of nitriles is 1. The summed E-state index contributed by atoms with van der Waals surface area (Å²) in [4.78, 5) is 25.7. The number of nitrogens with zero attached hydrogens (tertiary/aromatic N) is 4. The molecule has 5 rings (SSSR count). The Morgan fingerprint density at radius 2 is 2.08 bits per heavy atom. The van der Waals surface area contributed by atoms with Crippen molar-refractivity contribution in [3.8, 4) is 6.07 Å². The summed E-state index contributed by atoms with van der Waals surface area (Å²) in [5.74, 6) is 0.282. The summed E-state index contributed by atoms with van der Waals surface area (Å²) < 4.78 is 0. The molecular formula is C30H31N7O. The van der Waals surface area contributed by atoms with Crippen molar-refractivity contribution in [2.45, 2.75) is 32.7 Å². The minimum atomic E-state index is 0.282. The number of hydrogen-bond acceptors (Lipinski definition) is 6. The van der Waals surface area contributed by atoms with Crippen LogP contribution in [0.4, 0.5) is 11.4 Å². The van der Waals surface area contributed by atoms with Gasteiger partial charge in [-0.15, -0.1) is 0 Å². The van der Waals surface area contributed by atoms with Crippen LogP contribution in [-0.4, -0.2) is 45.4 Å². The number of amides is 1. The molecule has 1 aliphatic heterocycles. The van der Waals surface area contributed by atoms with Crippen molar-refractivity contribution in [3.05, 3.63) is 83.1 Å². The molecule has 1 aromatic carbocycles. The maximum atomic E-state index is 11.7. The normalized spacial score (nSPS) is 13.5. The van der Waals surface area contributed by atoms with E-state index >= 15 is 0 Å². The first kappa shape index (κ1) is 25.2. The molecule has 3 N–H and O–H groups in total. The van der Waals surface area contributed by atoms with Gasteiger partial charge in [0.2, 0.25) is 5.91 Å². The lowest BCUT2D eigenvalue weighted by Crippen LogP contribution is -2.28. The van der Waals surface area contributed by atoms with Crippen LogP contribution in [0.5, 0.6) is 0 Å². The number of carbonyl (C=O) groups is 1. The maximum Gasteiger partial charge on any atom is 0.222 e. The zero-order chi connectivity index (χ0) is 26.3. The number of fused-ring (bicyclic) bond motifs is 1. The number of anilines is 2. The Morgan fingerprint density at radius 3 is 2.87 bits per heavy atom. The van der Waals surface area contributed by atoms with Gasteiger partial charge in [-0.25, -0.2) is 0 Å². The quantitative estimate of drug-likeness (QED) is 0.257. The second-order valence-corrected chi connectivity index (χ2v) is 9.50. The van der Waals surface area contributed by atoms with Gasteiger partial charge in [-0.2, -0.15) is 5.26 Å². The molecule has 0 radical (unpaired) electrons. The molecule has 38 heavy (non-hydrogen) atoms. The summed E-state index contributed by atoms with van der Waals surface area (Å²) in [7, 11) is 0. The molecule has 0 bridgehead atoms. The van der Waals surface area contributed by atoms with Crippen LogP contribution in [0, 0.1) is 18.3 Å². The third-order valence-electron chi connectivity index (χ3n) is 6.92. The lowest BCUT2D eigenvalue weighted by atomic mass is 10.1. The monoisotopic (exact) mass is 505 g/mol. The van der Waals surface area contributed by atoms with Crippen LogP contribution in [0.1, 0.15) is 47.2 Å². The van der Waals surface area contributed by atoms with E-state index < -0.39 is 0 Å². The van der Waals surface area contributed by atoms with Crippen molar-refractivity contribution >= 4 is 40.3 Å². The third kappa shape index (κ3) is 5.74. The minimum absolute atomic E-state index is 0.282. The fraction of sp³-hybridized carbons (Fsp3) is 0.267. The molecule has 0 aliphatic carbocycles. The molecule has 3 aromatic heterocycles. The SMILES string of the molecule is Cc1c(Nc2c(C#N)cncc2C=Cc2ccc(CNCCCN3CCCC3=O)cn2)ccc2[nH]ccc12. The van der Waals surface area contributed by atoms with Gasteiger partial charge in [0.25, 0.3) is 0 Å². The summed E-state index contributed by atoms with van der Waals surface area (Å²) in [5, 5.41) is 17.8. The number of H-pyrrole nitrogens is 1. The van der Waals surface area contributed by atoms with Crippen LogP contribution >= 0.6 is 0 Å². The number of pyridine rings is 2. The molecular weight excluding hydrogens is 474 g/mol. The summed E-state index contributed by atoms with van der Waals surface area (Å²) in [6.45, 7) is 5.38. The molecule has 1 fully saturated rings. The van der Waals surface area contributed by atoms with Gasteiger partial charge in [0, 0.05) is 73.0 Å². The van der Waals surface area contributed by atoms with Gasteiger partial charge in [0.15, 0.2) is 0 Å². The van der Waals surface area contributed by atoms with E-state index in [1.54, 1.807) is 12.4 Å². The Kier molecular flexibility index (Phi) is 7.76. The van der Waals surface area contributed by atoms with Gasteiger partial charge in [0.1, 0.15) is 6.07 Å². The zero-order valence-corrected chi connectivity index (χ0v) is 21.5. The first-order valence-electron chi connectivity index (χ1n) is 13.0. The van der Waals surface area contributed by atoms with Crippen molar-refractivity contribution < 1.29 is 4.79 Å². The predicted molar refractivity (Wildman–Crippen MR) is 151 cm³/mol. The molecule has 8 heteroatoms. The van der Waals surface area contributed by atoms with Crippen molar-refractivity contribution in [2.24, 2.45) is 0 Å². The molecule has 4 heterocycles. The molecule has 1 amide bonds. The molecule has 0 saturated carbocycles. The van der Waals surface area contributed by atoms with E-state index in [1.165, 1.54) is 0 Å². The van der Waals surface area contributed by atoms with Crippen molar-refractivity contribution in [1.82, 2.24) is 25.2 Å². The Hall–Kier alpha value is -4.48. The van der Waals surface area contributed by atoms with Crippen molar-refractivity contribution in [3.63, 3.8) is 0 Å². The highest BCUT2D eigenvalue weighted by molar-refractivity contribution is 5.90. The molecule has 1 aliphatic rings. The Bertz CT molecular complexity index is 1500. The molecule has 192 valence electrons. The Balaban J connectivity index is 1.22. The number of aryl methyl sites for hydroxylation is 1. The number of rotatable bonds is 10. The minimum Gasteiger partial charge on any atom is -0.361 e. The topological polar surface area (TPSA) is 110 Å². The number of hydrogen-bond donors (Lipinski definition) is 3. The Morgan fingerprint density at radius 1 is 1.16 bits per heavy atom. The molecule has 0 unspecified atom stereocenters. The van der Waals surface area contributed by atoms with Gasteiger partial charge in [-0.05, 0) is 73.9 Å². The van der Waals surface area contributed by atoms with E-state index in [9.17, 15) is 10.1 Å². The number of aromatic amines is 1. The summed E-state index contributed by atoms with van der Waals surface area (Å²) in [5.41, 5.74) is 7.04. The fourth-order valence-corrected chi connectivity index (χ4v) is 4.76. The summed E-state index contributed by atoms with van der Waals surface area (Å²) in [6.07, 6.45) is 13.6. The maximum absolute atomic E-state index is 11.7. The van der Waals surface area contributed by atoms with Crippen LogP contribution in [0.25, 0.3) is 23.1 Å². The highest BCUT2D eigenvalue weighted by Crippen LogP contribution is 2.31. The third-order valence-corrected chi connectivity index (χ3v) is 6.92. The summed E-state index contributed by atoms with van der Waals surface area (Å²) in [6, 6.07) is 12.4. The van der Waals surface area contributed by atoms with Gasteiger partial charge >= 0.3 is 0 Å². The number of likely N-dealkylation sites (tertiary alicyclic amines) is 1. The average molecular weight is 506 g/mol. The number of aromatic nitrogens is 3. The standard InChI is InChI=1S/C30H31N7O/c1-21-26-11-13-34-28(26)10-9-27(21)36-30-23(19-33-20-24(30)16-31)6-8-25-7-5-22(18-35-25)17-32-12-3-15-37-14-2-4-29(37)38/h5-11,13,18-20,32,34H,2-4,12,14-15,17H2,1H3,(H,33,36). The van der Waals surface area contributed by atoms with Gasteiger partial charge in [-0.1, -0.05) is 6.07 Å². The second kappa shape index (κ2) is 11.7. The Labute approximate surface area is 222 Å². The lowest BCUT2D eigenvalue weighted by Gasteiger charge is -2.15. The van der Waals surface area contributed by atoms with Crippen molar-refractivity contribution in [2.75, 3.05) is 25.0 Å². The molecule has 0 atom stereocenters. The van der Waals surface area contributed by atoms with Gasteiger partial charge in [0.05, 0.1) is 16.9 Å². The molecule has 8 nitrogen and oxygen atoms in total. The highest BCUT2D eigenvalue weighted by atomic mass is 16.2. The van der Waals surface area contributed by atoms with E-state index in [4.69, 9.17) is 0 Å². The van der Waals surface area contributed by atoms with E-state index in [2.05, 4.69) is 50.7 Å². The second-order valence-electron chi connectivity index (χ2n) is 9.50. The van der Waals surface area contributed by atoms with E-state index in [0.29, 0.717) is 17.7 Å². The number of nitrogens with one attached hydrogen (secondary N) is 3. The first-order valence-corrected chi connectivity index (χ1v) is 13.0. The molecule has 1 saturated heterocycles. The zero-order valence-electron chi connectivity index (χ0n) is 21.5. The average Bonchev–Trinajstić information content (AvgIpc) is 3.59. The van der Waals surface area contributed by atoms with Gasteiger partial charge < -0.3 is 20.5 Å². The van der Waals surface area contributed by atoms with Crippen LogP contribution < -0.4 is 10.6 Å². The lowest BCUT2D eigenvalue weighted by molar-refractivity contribution is -0.127. The van der Waals surface area contributed by atoms with Crippen LogP contribution in [0.2, 0.25) is 0 Å². The number of carbonyl (C=O) groups excluding carboxylic acids is 1. The molecule has 4 aromatic rings. The van der Waals surface area contributed by atoms with Crippen LogP contribution in [0.3, 0.4) is 0 Å². The largest absolute Gasteiger partial charge is 0.361 e. The van der Waals surface area contributed by atoms with E-state index in [0.717, 1.165) is 78.0 Å². The van der Waals surface area contributed by atoms with Crippen LogP contribution in [-0.2, 0) is 11.3 Å². The fourth-order valence-electron chi connectivity index (χ4n) is 4.76. The first-order chi connectivity index (χ1) is 18.6. The number of benzene rings is 1. The van der Waals surface area contributed by atoms with E-state index in [1.807, 2.05) is 47.6 Å².